The summed E-state index contributed by atoms with van der Waals surface area (Å²) in [6.45, 7) is 3.03. The van der Waals surface area contributed by atoms with Crippen molar-refractivity contribution in [2.75, 3.05) is 31.6 Å². The number of halogens is 1. The number of hydrogen-bond donors (Lipinski definition) is 1. The predicted molar refractivity (Wildman–Crippen MR) is 108 cm³/mol. The number of piperidine rings is 1. The van der Waals surface area contributed by atoms with E-state index in [-0.39, 0.29) is 22.8 Å². The molecule has 0 spiro atoms. The highest BCUT2D eigenvalue weighted by Gasteiger charge is 2.27. The van der Waals surface area contributed by atoms with Crippen LogP contribution in [-0.2, 0) is 0 Å². The number of nitrogens with one attached hydrogen (secondary N) is 1. The van der Waals surface area contributed by atoms with Gasteiger partial charge in [0, 0.05) is 30.2 Å². The fraction of sp³-hybridized carbons (Fsp3) is 0.400. The van der Waals surface area contributed by atoms with Crippen LogP contribution in [-0.4, -0.2) is 48.2 Å². The van der Waals surface area contributed by atoms with Crippen molar-refractivity contribution in [1.82, 2.24) is 4.90 Å². The van der Waals surface area contributed by atoms with Crippen LogP contribution < -0.4 is 14.8 Å². The van der Waals surface area contributed by atoms with Crippen LogP contribution in [0.3, 0.4) is 0 Å². The highest BCUT2D eigenvalue weighted by atomic mass is 35.5. The van der Waals surface area contributed by atoms with Crippen molar-refractivity contribution in [2.45, 2.75) is 25.0 Å². The van der Waals surface area contributed by atoms with Crippen LogP contribution >= 0.6 is 11.6 Å². The molecule has 0 aliphatic carbocycles. The van der Waals surface area contributed by atoms with E-state index in [2.05, 4.69) is 10.2 Å². The Kier molecular flexibility index (Phi) is 5.54. The number of fused-ring (bicyclic) bond motifs is 1. The molecule has 0 radical (unpaired) electrons. The van der Waals surface area contributed by atoms with E-state index < -0.39 is 0 Å². The molecule has 0 saturated carbocycles. The molecule has 0 bridgehead atoms. The van der Waals surface area contributed by atoms with Gasteiger partial charge in [0.2, 0.25) is 0 Å². The zero-order valence-electron chi connectivity index (χ0n) is 15.3. The maximum atomic E-state index is 11.3. The number of ether oxygens (including phenoxy) is 2. The Morgan fingerprint density at radius 1 is 1.25 bits per heavy atom. The molecule has 2 aliphatic heterocycles. The van der Waals surface area contributed by atoms with Crippen LogP contribution in [0, 0.1) is 10.1 Å². The minimum absolute atomic E-state index is 0.0332. The number of rotatable bonds is 5. The smallest absolute Gasteiger partial charge is 0.292 e. The van der Waals surface area contributed by atoms with Gasteiger partial charge in [-0.15, -0.1) is 0 Å². The third-order valence-corrected chi connectivity index (χ3v) is 5.28. The van der Waals surface area contributed by atoms with E-state index in [1.54, 1.807) is 6.07 Å². The highest BCUT2D eigenvalue weighted by Crippen LogP contribution is 2.32. The Morgan fingerprint density at radius 2 is 2.07 bits per heavy atom. The Hall–Kier alpha value is -2.51. The van der Waals surface area contributed by atoms with Gasteiger partial charge in [0.15, 0.2) is 11.5 Å². The Labute approximate surface area is 168 Å². The van der Waals surface area contributed by atoms with E-state index in [0.717, 1.165) is 44.0 Å². The van der Waals surface area contributed by atoms with E-state index in [9.17, 15) is 10.1 Å². The third-order valence-electron chi connectivity index (χ3n) is 5.05. The number of nitro benzene ring substituents is 1. The van der Waals surface area contributed by atoms with Crippen molar-refractivity contribution < 1.29 is 14.4 Å². The Morgan fingerprint density at radius 3 is 2.89 bits per heavy atom. The molecular weight excluding hydrogens is 382 g/mol. The Bertz CT molecular complexity index is 863. The van der Waals surface area contributed by atoms with Gasteiger partial charge in [-0.05, 0) is 43.7 Å². The average molecular weight is 404 g/mol. The first kappa shape index (κ1) is 18.8. The summed E-state index contributed by atoms with van der Waals surface area (Å²) in [5, 5.41) is 15.1. The normalized spacial score (nSPS) is 21.9. The van der Waals surface area contributed by atoms with Crippen LogP contribution in [0.2, 0.25) is 5.02 Å². The molecule has 1 saturated heterocycles. The van der Waals surface area contributed by atoms with E-state index in [0.29, 0.717) is 17.3 Å². The summed E-state index contributed by atoms with van der Waals surface area (Å²) in [4.78, 5) is 13.2. The first-order valence-electron chi connectivity index (χ1n) is 9.40. The number of para-hydroxylation sites is 2. The lowest BCUT2D eigenvalue weighted by Crippen LogP contribution is -2.48. The largest absolute Gasteiger partial charge is 0.486 e. The average Bonchev–Trinajstić information content (AvgIpc) is 2.68. The van der Waals surface area contributed by atoms with Gasteiger partial charge in [-0.25, -0.2) is 0 Å². The zero-order chi connectivity index (χ0) is 19.5. The van der Waals surface area contributed by atoms with Gasteiger partial charge in [-0.3, -0.25) is 15.0 Å². The second-order valence-corrected chi connectivity index (χ2v) is 7.60. The molecule has 2 aliphatic rings. The lowest BCUT2D eigenvalue weighted by atomic mass is 10.0. The van der Waals surface area contributed by atoms with Gasteiger partial charge in [-0.1, -0.05) is 23.7 Å². The van der Waals surface area contributed by atoms with Gasteiger partial charge >= 0.3 is 0 Å². The molecule has 2 aromatic rings. The number of likely N-dealkylation sites (tertiary alicyclic amines) is 1. The molecular formula is C20H22ClN3O4. The third kappa shape index (κ3) is 4.31. The number of nitrogens with zero attached hydrogens (tertiary/aromatic N) is 2. The van der Waals surface area contributed by atoms with Crippen LogP contribution in [0.5, 0.6) is 11.5 Å². The first-order valence-corrected chi connectivity index (χ1v) is 9.77. The van der Waals surface area contributed by atoms with E-state index in [1.165, 1.54) is 12.1 Å². The maximum absolute atomic E-state index is 11.3. The van der Waals surface area contributed by atoms with Crippen molar-refractivity contribution in [3.63, 3.8) is 0 Å². The lowest BCUT2D eigenvalue weighted by molar-refractivity contribution is -0.384. The molecule has 1 unspecified atom stereocenters. The van der Waals surface area contributed by atoms with Gasteiger partial charge in [-0.2, -0.15) is 0 Å². The summed E-state index contributed by atoms with van der Waals surface area (Å²) in [5.74, 6) is 1.56. The van der Waals surface area contributed by atoms with E-state index >= 15 is 0 Å². The molecule has 7 nitrogen and oxygen atoms in total. The van der Waals surface area contributed by atoms with Gasteiger partial charge < -0.3 is 14.8 Å². The topological polar surface area (TPSA) is 76.9 Å². The summed E-state index contributed by atoms with van der Waals surface area (Å²) in [6, 6.07) is 12.4. The molecule has 2 heterocycles. The van der Waals surface area contributed by atoms with Crippen molar-refractivity contribution in [1.29, 1.82) is 0 Å². The minimum atomic E-state index is -0.385. The van der Waals surface area contributed by atoms with Crippen molar-refractivity contribution in [3.8, 4) is 11.5 Å². The van der Waals surface area contributed by atoms with Crippen LogP contribution in [0.4, 0.5) is 11.4 Å². The van der Waals surface area contributed by atoms with Crippen molar-refractivity contribution in [3.05, 3.63) is 57.6 Å². The van der Waals surface area contributed by atoms with Crippen LogP contribution in [0.15, 0.2) is 42.5 Å². The van der Waals surface area contributed by atoms with Crippen molar-refractivity contribution in [2.24, 2.45) is 0 Å². The summed E-state index contributed by atoms with van der Waals surface area (Å²) in [5.41, 5.74) is 0.512. The molecule has 1 fully saturated rings. The number of anilines is 1. The molecule has 2 atom stereocenters. The predicted octanol–water partition coefficient (Wildman–Crippen LogP) is 3.96. The number of benzene rings is 2. The quantitative estimate of drug-likeness (QED) is 0.601. The summed E-state index contributed by atoms with van der Waals surface area (Å²) < 4.78 is 11.9. The Balaban J connectivity index is 1.38. The molecule has 0 aromatic heterocycles. The lowest BCUT2D eigenvalue weighted by Gasteiger charge is -2.36. The van der Waals surface area contributed by atoms with Gasteiger partial charge in [0.1, 0.15) is 18.4 Å². The molecule has 8 heteroatoms. The van der Waals surface area contributed by atoms with E-state index in [4.69, 9.17) is 21.1 Å². The fourth-order valence-electron chi connectivity index (χ4n) is 3.78. The number of hydrogen-bond acceptors (Lipinski definition) is 6. The van der Waals surface area contributed by atoms with Gasteiger partial charge in [0.05, 0.1) is 4.92 Å². The van der Waals surface area contributed by atoms with E-state index in [1.807, 2.05) is 24.3 Å². The first-order chi connectivity index (χ1) is 13.6. The second kappa shape index (κ2) is 8.24. The molecule has 1 N–H and O–H groups in total. The second-order valence-electron chi connectivity index (χ2n) is 7.16. The summed E-state index contributed by atoms with van der Waals surface area (Å²) in [7, 11) is 0. The molecule has 148 valence electrons. The standard InChI is InChI=1S/C20H22ClN3O4/c21-14-7-8-18(24(25)26)17(10-14)22-15-4-3-9-23(11-15)12-16-13-27-19-5-1-2-6-20(19)28-16/h1-2,5-8,10,15-16,22H,3-4,9,11-13H2/t15?,16-/m0/s1. The highest BCUT2D eigenvalue weighted by molar-refractivity contribution is 6.31. The SMILES string of the molecule is O=[N+]([O-])c1ccc(Cl)cc1NC1CCCN(C[C@H]2COc3ccccc3O2)C1. The molecule has 4 rings (SSSR count). The van der Waals surface area contributed by atoms with Crippen LogP contribution in [0.25, 0.3) is 0 Å². The molecule has 28 heavy (non-hydrogen) atoms. The fourth-order valence-corrected chi connectivity index (χ4v) is 3.96. The van der Waals surface area contributed by atoms with Crippen molar-refractivity contribution >= 4 is 23.0 Å². The molecule has 2 aromatic carbocycles. The maximum Gasteiger partial charge on any atom is 0.292 e. The monoisotopic (exact) mass is 403 g/mol. The minimum Gasteiger partial charge on any atom is -0.486 e. The number of nitro groups is 1. The summed E-state index contributed by atoms with van der Waals surface area (Å²) >= 11 is 6.03. The molecule has 0 amide bonds. The zero-order valence-corrected chi connectivity index (χ0v) is 16.1. The van der Waals surface area contributed by atoms with Crippen LogP contribution in [0.1, 0.15) is 12.8 Å². The van der Waals surface area contributed by atoms with Gasteiger partial charge in [0.25, 0.3) is 5.69 Å². The summed E-state index contributed by atoms with van der Waals surface area (Å²) in [6.07, 6.45) is 1.93.